The highest BCUT2D eigenvalue weighted by atomic mass is 16.2. The van der Waals surface area contributed by atoms with E-state index < -0.39 is 0 Å². The largest absolute Gasteiger partial charge is 0.335 e. The molecule has 0 aromatic carbocycles. The van der Waals surface area contributed by atoms with Gasteiger partial charge in [0, 0.05) is 32.0 Å². The molecule has 4 rings (SSSR count). The maximum atomic E-state index is 12.6. The number of amides is 3. The SMILES string of the molecule is CC1(C)CN(C2CN(C(=O)NC3CCCCC3n3cccn3)C2)C1=O. The topological polar surface area (TPSA) is 70.5 Å². The van der Waals surface area contributed by atoms with E-state index in [0.29, 0.717) is 13.1 Å². The van der Waals surface area contributed by atoms with Crippen LogP contribution in [0.3, 0.4) is 0 Å². The second-order valence-corrected chi connectivity index (χ2v) is 8.27. The van der Waals surface area contributed by atoms with Crippen molar-refractivity contribution in [2.75, 3.05) is 19.6 Å². The lowest BCUT2D eigenvalue weighted by Gasteiger charge is -2.54. The zero-order chi connectivity index (χ0) is 17.6. The Labute approximate surface area is 148 Å². The zero-order valence-electron chi connectivity index (χ0n) is 15.0. The van der Waals surface area contributed by atoms with Crippen LogP contribution in [0.25, 0.3) is 0 Å². The molecule has 1 aromatic rings. The molecular weight excluding hydrogens is 318 g/mol. The Morgan fingerprint density at radius 2 is 2.04 bits per heavy atom. The van der Waals surface area contributed by atoms with Gasteiger partial charge in [-0.15, -0.1) is 0 Å². The standard InChI is InChI=1S/C18H27N5O2/c1-18(2)12-22(16(18)24)13-10-21(11-13)17(25)20-14-6-3-4-7-15(14)23-9-5-8-19-23/h5,8-9,13-15H,3-4,6-7,10-12H2,1-2H3,(H,20,25). The van der Waals surface area contributed by atoms with Crippen molar-refractivity contribution in [1.82, 2.24) is 24.9 Å². The Bertz CT molecular complexity index is 650. The first-order chi connectivity index (χ1) is 12.0. The summed E-state index contributed by atoms with van der Waals surface area (Å²) in [5.74, 6) is 0.212. The van der Waals surface area contributed by atoms with E-state index in [1.807, 2.05) is 40.6 Å². The molecule has 3 heterocycles. The smallest absolute Gasteiger partial charge is 0.317 e. The van der Waals surface area contributed by atoms with E-state index >= 15 is 0 Å². The molecule has 2 aliphatic heterocycles. The van der Waals surface area contributed by atoms with E-state index in [0.717, 1.165) is 25.8 Å². The van der Waals surface area contributed by atoms with Crippen molar-refractivity contribution < 1.29 is 9.59 Å². The summed E-state index contributed by atoms with van der Waals surface area (Å²) < 4.78 is 1.98. The number of nitrogens with one attached hydrogen (secondary N) is 1. The molecule has 3 fully saturated rings. The summed E-state index contributed by atoms with van der Waals surface area (Å²) in [5.41, 5.74) is -0.220. The maximum Gasteiger partial charge on any atom is 0.317 e. The van der Waals surface area contributed by atoms with Crippen molar-refractivity contribution in [1.29, 1.82) is 0 Å². The normalized spacial score (nSPS) is 29.1. The van der Waals surface area contributed by atoms with E-state index in [1.165, 1.54) is 6.42 Å². The van der Waals surface area contributed by atoms with Gasteiger partial charge in [0.1, 0.15) is 0 Å². The third kappa shape index (κ3) is 2.89. The van der Waals surface area contributed by atoms with Crippen LogP contribution in [0.15, 0.2) is 18.5 Å². The predicted octanol–water partition coefficient (Wildman–Crippen LogP) is 1.63. The number of carbonyl (C=O) groups is 2. The average Bonchev–Trinajstić information content (AvgIpc) is 3.07. The van der Waals surface area contributed by atoms with Crippen LogP contribution in [0.4, 0.5) is 4.79 Å². The van der Waals surface area contributed by atoms with Crippen molar-refractivity contribution in [2.45, 2.75) is 57.7 Å². The monoisotopic (exact) mass is 345 g/mol. The summed E-state index contributed by atoms with van der Waals surface area (Å²) in [4.78, 5) is 28.4. The van der Waals surface area contributed by atoms with E-state index in [-0.39, 0.29) is 35.5 Å². The van der Waals surface area contributed by atoms with Crippen molar-refractivity contribution in [3.63, 3.8) is 0 Å². The molecule has 3 aliphatic rings. The second-order valence-electron chi connectivity index (χ2n) is 8.27. The summed E-state index contributed by atoms with van der Waals surface area (Å²) in [7, 11) is 0. The first-order valence-electron chi connectivity index (χ1n) is 9.31. The molecule has 2 unspecified atom stereocenters. The molecule has 2 atom stereocenters. The van der Waals surface area contributed by atoms with Gasteiger partial charge in [0.2, 0.25) is 5.91 Å². The minimum atomic E-state index is -0.220. The molecule has 0 spiro atoms. The Hall–Kier alpha value is -2.05. The third-order valence-electron chi connectivity index (χ3n) is 5.90. The number of carbonyl (C=O) groups excluding carboxylic acids is 2. The molecule has 2 saturated heterocycles. The molecule has 1 aromatic heterocycles. The Morgan fingerprint density at radius 3 is 2.68 bits per heavy atom. The Morgan fingerprint density at radius 1 is 1.28 bits per heavy atom. The van der Waals surface area contributed by atoms with E-state index in [9.17, 15) is 9.59 Å². The average molecular weight is 345 g/mol. The minimum Gasteiger partial charge on any atom is -0.335 e. The summed E-state index contributed by atoms with van der Waals surface area (Å²) in [6, 6.07) is 2.48. The predicted molar refractivity (Wildman–Crippen MR) is 92.9 cm³/mol. The van der Waals surface area contributed by atoms with Crippen LogP contribution in [0.2, 0.25) is 0 Å². The molecule has 0 bridgehead atoms. The number of nitrogens with zero attached hydrogens (tertiary/aromatic N) is 4. The maximum absolute atomic E-state index is 12.6. The van der Waals surface area contributed by atoms with E-state index in [1.54, 1.807) is 6.20 Å². The first kappa shape index (κ1) is 16.4. The molecule has 136 valence electrons. The Balaban J connectivity index is 1.30. The molecule has 3 amide bonds. The fourth-order valence-corrected chi connectivity index (χ4v) is 4.30. The van der Waals surface area contributed by atoms with Crippen LogP contribution >= 0.6 is 0 Å². The van der Waals surface area contributed by atoms with Crippen molar-refractivity contribution >= 4 is 11.9 Å². The van der Waals surface area contributed by atoms with Crippen molar-refractivity contribution in [3.8, 4) is 0 Å². The summed E-state index contributed by atoms with van der Waals surface area (Å²) in [5, 5.41) is 7.56. The Kier molecular flexibility index (Phi) is 3.96. The van der Waals surface area contributed by atoms with Gasteiger partial charge in [0.25, 0.3) is 0 Å². The second kappa shape index (κ2) is 6.04. The molecule has 1 aliphatic carbocycles. The van der Waals surface area contributed by atoms with Crippen LogP contribution < -0.4 is 5.32 Å². The minimum absolute atomic E-state index is 0.00691. The van der Waals surface area contributed by atoms with Gasteiger partial charge in [-0.05, 0) is 32.8 Å². The van der Waals surface area contributed by atoms with Gasteiger partial charge in [0.15, 0.2) is 0 Å². The summed E-state index contributed by atoms with van der Waals surface area (Å²) in [6.07, 6.45) is 8.13. The summed E-state index contributed by atoms with van der Waals surface area (Å²) in [6.45, 7) is 6.05. The first-order valence-corrected chi connectivity index (χ1v) is 9.31. The molecule has 1 saturated carbocycles. The number of aromatic nitrogens is 2. The number of hydrogen-bond acceptors (Lipinski definition) is 3. The highest BCUT2D eigenvalue weighted by Gasteiger charge is 2.50. The van der Waals surface area contributed by atoms with E-state index in [4.69, 9.17) is 0 Å². The van der Waals surface area contributed by atoms with Gasteiger partial charge in [0.05, 0.1) is 23.5 Å². The number of hydrogen-bond donors (Lipinski definition) is 1. The van der Waals surface area contributed by atoms with Crippen molar-refractivity contribution in [3.05, 3.63) is 18.5 Å². The van der Waals surface area contributed by atoms with Crippen LogP contribution in [-0.2, 0) is 4.79 Å². The molecule has 25 heavy (non-hydrogen) atoms. The highest BCUT2D eigenvalue weighted by Crippen LogP contribution is 2.35. The molecule has 7 nitrogen and oxygen atoms in total. The van der Waals surface area contributed by atoms with Crippen LogP contribution in [0.1, 0.15) is 45.6 Å². The van der Waals surface area contributed by atoms with Gasteiger partial charge >= 0.3 is 6.03 Å². The number of rotatable bonds is 3. The number of likely N-dealkylation sites (tertiary alicyclic amines) is 2. The number of β-lactam (4-membered cyclic amide) rings is 1. The molecule has 0 radical (unpaired) electrons. The zero-order valence-corrected chi connectivity index (χ0v) is 15.0. The molecular formula is C18H27N5O2. The highest BCUT2D eigenvalue weighted by molar-refractivity contribution is 5.88. The lowest BCUT2D eigenvalue weighted by Crippen LogP contribution is -2.72. The van der Waals surface area contributed by atoms with E-state index in [2.05, 4.69) is 10.4 Å². The summed E-state index contributed by atoms with van der Waals surface area (Å²) >= 11 is 0. The van der Waals surface area contributed by atoms with Gasteiger partial charge in [-0.25, -0.2) is 4.79 Å². The fraction of sp³-hybridized carbons (Fsp3) is 0.722. The third-order valence-corrected chi connectivity index (χ3v) is 5.90. The van der Waals surface area contributed by atoms with Gasteiger partial charge in [-0.1, -0.05) is 12.8 Å². The fourth-order valence-electron chi connectivity index (χ4n) is 4.30. The molecule has 7 heteroatoms. The quantitative estimate of drug-likeness (QED) is 0.847. The molecule has 1 N–H and O–H groups in total. The lowest BCUT2D eigenvalue weighted by atomic mass is 9.81. The lowest BCUT2D eigenvalue weighted by molar-refractivity contribution is -0.165. The van der Waals surface area contributed by atoms with Crippen LogP contribution in [0, 0.1) is 5.41 Å². The van der Waals surface area contributed by atoms with Crippen LogP contribution in [-0.4, -0.2) is 63.2 Å². The van der Waals surface area contributed by atoms with Crippen molar-refractivity contribution in [2.24, 2.45) is 5.41 Å². The van der Waals surface area contributed by atoms with Crippen LogP contribution in [0.5, 0.6) is 0 Å². The van der Waals surface area contributed by atoms with Gasteiger partial charge in [-0.2, -0.15) is 5.10 Å². The van der Waals surface area contributed by atoms with Gasteiger partial charge in [-0.3, -0.25) is 9.48 Å². The number of urea groups is 1. The van der Waals surface area contributed by atoms with Gasteiger partial charge < -0.3 is 15.1 Å².